The van der Waals surface area contributed by atoms with Gasteiger partial charge >= 0.3 is 11.6 Å². The maximum atomic E-state index is 12.3. The quantitative estimate of drug-likeness (QED) is 0.268. The molecule has 0 aliphatic carbocycles. The van der Waals surface area contributed by atoms with Crippen molar-refractivity contribution in [2.75, 3.05) is 0 Å². The summed E-state index contributed by atoms with van der Waals surface area (Å²) in [5, 5.41) is 3.43. The molecule has 0 amide bonds. The molecule has 0 atom stereocenters. The van der Waals surface area contributed by atoms with E-state index in [1.54, 1.807) is 18.3 Å². The van der Waals surface area contributed by atoms with Crippen LogP contribution in [0.3, 0.4) is 0 Å². The fourth-order valence-corrected chi connectivity index (χ4v) is 3.86. The largest absolute Gasteiger partial charge is 0.426 e. The lowest BCUT2D eigenvalue weighted by atomic mass is 10.1. The van der Waals surface area contributed by atoms with E-state index in [0.717, 1.165) is 34.5 Å². The lowest BCUT2D eigenvalue weighted by Crippen LogP contribution is -2.11. The van der Waals surface area contributed by atoms with Crippen LogP contribution in [0.15, 0.2) is 63.3 Å². The van der Waals surface area contributed by atoms with E-state index in [1.165, 1.54) is 17.4 Å². The lowest BCUT2D eigenvalue weighted by Gasteiger charge is -2.07. The molecule has 0 saturated heterocycles. The Morgan fingerprint density at radius 2 is 2.10 bits per heavy atom. The highest BCUT2D eigenvalue weighted by molar-refractivity contribution is 7.13. The minimum atomic E-state index is -0.436. The predicted octanol–water partition coefficient (Wildman–Crippen LogP) is 4.41. The second-order valence-electron chi connectivity index (χ2n) is 6.51. The SMILES string of the molecule is CCCc1cc(=O)oc2cc(OC(=O)Cc3csc(-c4ccccn4)n3)ccc12. The summed E-state index contributed by atoms with van der Waals surface area (Å²) >= 11 is 1.43. The minimum Gasteiger partial charge on any atom is -0.426 e. The van der Waals surface area contributed by atoms with Gasteiger partial charge in [-0.1, -0.05) is 19.4 Å². The first-order valence-electron chi connectivity index (χ1n) is 9.25. The van der Waals surface area contributed by atoms with E-state index < -0.39 is 11.6 Å². The van der Waals surface area contributed by atoms with E-state index >= 15 is 0 Å². The van der Waals surface area contributed by atoms with Crippen LogP contribution in [0.1, 0.15) is 24.6 Å². The Balaban J connectivity index is 1.49. The Hall–Kier alpha value is -3.32. The molecule has 7 heteroatoms. The Kier molecular flexibility index (Phi) is 5.48. The van der Waals surface area contributed by atoms with E-state index in [1.807, 2.05) is 36.6 Å². The van der Waals surface area contributed by atoms with Crippen molar-refractivity contribution in [3.8, 4) is 16.5 Å². The molecule has 4 rings (SSSR count). The number of benzene rings is 1. The third-order valence-corrected chi connectivity index (χ3v) is 5.23. The van der Waals surface area contributed by atoms with Crippen LogP contribution in [-0.4, -0.2) is 15.9 Å². The zero-order chi connectivity index (χ0) is 20.2. The van der Waals surface area contributed by atoms with E-state index in [9.17, 15) is 9.59 Å². The molecule has 146 valence electrons. The Morgan fingerprint density at radius 1 is 1.21 bits per heavy atom. The monoisotopic (exact) mass is 406 g/mol. The molecule has 29 heavy (non-hydrogen) atoms. The molecule has 0 spiro atoms. The Bertz CT molecular complexity index is 1210. The summed E-state index contributed by atoms with van der Waals surface area (Å²) in [7, 11) is 0. The highest BCUT2D eigenvalue weighted by atomic mass is 32.1. The number of aryl methyl sites for hydroxylation is 1. The normalized spacial score (nSPS) is 10.9. The molecule has 0 unspecified atom stereocenters. The summed E-state index contributed by atoms with van der Waals surface area (Å²) in [6.45, 7) is 2.05. The summed E-state index contributed by atoms with van der Waals surface area (Å²) in [5.74, 6) is -0.103. The maximum absolute atomic E-state index is 12.3. The molecule has 0 bridgehead atoms. The highest BCUT2D eigenvalue weighted by Crippen LogP contribution is 2.25. The van der Waals surface area contributed by atoms with Gasteiger partial charge in [-0.2, -0.15) is 0 Å². The molecular formula is C22H18N2O4S. The van der Waals surface area contributed by atoms with Crippen LogP contribution in [0.2, 0.25) is 0 Å². The van der Waals surface area contributed by atoms with Gasteiger partial charge in [0.05, 0.1) is 17.8 Å². The third-order valence-electron chi connectivity index (χ3n) is 4.31. The van der Waals surface area contributed by atoms with Crippen molar-refractivity contribution in [2.45, 2.75) is 26.2 Å². The summed E-state index contributed by atoms with van der Waals surface area (Å²) in [4.78, 5) is 32.8. The van der Waals surface area contributed by atoms with Gasteiger partial charge in [0.2, 0.25) is 0 Å². The van der Waals surface area contributed by atoms with Crippen LogP contribution in [0.4, 0.5) is 0 Å². The standard InChI is InChI=1S/C22H18N2O4S/c1-2-5-14-10-20(25)28-19-12-16(7-8-17(14)19)27-21(26)11-15-13-29-22(24-15)18-6-3-4-9-23-18/h3-4,6-10,12-13H,2,5,11H2,1H3. The van der Waals surface area contributed by atoms with Crippen LogP contribution >= 0.6 is 11.3 Å². The fraction of sp³-hybridized carbons (Fsp3) is 0.182. The number of hydrogen-bond donors (Lipinski definition) is 0. The topological polar surface area (TPSA) is 82.3 Å². The summed E-state index contributed by atoms with van der Waals surface area (Å²) < 4.78 is 10.7. The van der Waals surface area contributed by atoms with Crippen LogP contribution in [0, 0.1) is 0 Å². The molecule has 1 aromatic carbocycles. The van der Waals surface area contributed by atoms with Crippen LogP contribution in [0.25, 0.3) is 21.7 Å². The first-order chi connectivity index (χ1) is 14.1. The molecule has 0 saturated carbocycles. The molecule has 0 fully saturated rings. The second-order valence-corrected chi connectivity index (χ2v) is 7.37. The number of carbonyl (C=O) groups excluding carboxylic acids is 1. The molecule has 0 aliphatic heterocycles. The molecular weight excluding hydrogens is 388 g/mol. The van der Waals surface area contributed by atoms with Crippen LogP contribution in [0.5, 0.6) is 5.75 Å². The number of rotatable bonds is 6. The molecule has 3 heterocycles. The van der Waals surface area contributed by atoms with Crippen molar-refractivity contribution in [3.63, 3.8) is 0 Å². The second kappa shape index (κ2) is 8.36. The van der Waals surface area contributed by atoms with Crippen molar-refractivity contribution >= 4 is 28.3 Å². The molecule has 0 N–H and O–H groups in total. The number of thiazole rings is 1. The van der Waals surface area contributed by atoms with E-state index in [0.29, 0.717) is 17.0 Å². The van der Waals surface area contributed by atoms with Crippen molar-refractivity contribution in [1.29, 1.82) is 0 Å². The zero-order valence-corrected chi connectivity index (χ0v) is 16.6. The van der Waals surface area contributed by atoms with Crippen molar-refractivity contribution < 1.29 is 13.9 Å². The number of aromatic nitrogens is 2. The van der Waals surface area contributed by atoms with Crippen molar-refractivity contribution in [1.82, 2.24) is 9.97 Å². The fourth-order valence-electron chi connectivity index (χ4n) is 3.06. The maximum Gasteiger partial charge on any atom is 0.336 e. The number of fused-ring (bicyclic) bond motifs is 1. The molecule has 6 nitrogen and oxygen atoms in total. The van der Waals surface area contributed by atoms with E-state index in [4.69, 9.17) is 9.15 Å². The smallest absolute Gasteiger partial charge is 0.336 e. The van der Waals surface area contributed by atoms with Gasteiger partial charge in [0.1, 0.15) is 16.3 Å². The average Bonchev–Trinajstić information content (AvgIpc) is 3.17. The Labute approximate surface area is 170 Å². The van der Waals surface area contributed by atoms with E-state index in [-0.39, 0.29) is 6.42 Å². The number of carbonyl (C=O) groups is 1. The van der Waals surface area contributed by atoms with Crippen LogP contribution < -0.4 is 10.4 Å². The lowest BCUT2D eigenvalue weighted by molar-refractivity contribution is -0.133. The predicted molar refractivity (Wildman–Crippen MR) is 111 cm³/mol. The molecule has 3 aromatic heterocycles. The zero-order valence-electron chi connectivity index (χ0n) is 15.8. The summed E-state index contributed by atoms with van der Waals surface area (Å²) in [5.41, 5.74) is 2.33. The van der Waals surface area contributed by atoms with Crippen molar-refractivity contribution in [2.24, 2.45) is 0 Å². The number of hydrogen-bond acceptors (Lipinski definition) is 7. The average molecular weight is 406 g/mol. The number of ether oxygens (including phenoxy) is 1. The molecule has 4 aromatic rings. The van der Waals surface area contributed by atoms with Gasteiger partial charge in [-0.3, -0.25) is 9.78 Å². The molecule has 0 radical (unpaired) electrons. The van der Waals surface area contributed by atoms with Gasteiger partial charge in [0, 0.05) is 29.1 Å². The minimum absolute atomic E-state index is 0.0429. The first kappa shape index (κ1) is 19.0. The van der Waals surface area contributed by atoms with Gasteiger partial charge in [-0.05, 0) is 36.2 Å². The van der Waals surface area contributed by atoms with Gasteiger partial charge in [0.25, 0.3) is 0 Å². The Morgan fingerprint density at radius 3 is 2.90 bits per heavy atom. The van der Waals surface area contributed by atoms with Crippen LogP contribution in [-0.2, 0) is 17.6 Å². The first-order valence-corrected chi connectivity index (χ1v) is 10.1. The van der Waals surface area contributed by atoms with Gasteiger partial charge < -0.3 is 9.15 Å². The number of esters is 1. The van der Waals surface area contributed by atoms with Gasteiger partial charge in [-0.25, -0.2) is 9.78 Å². The van der Waals surface area contributed by atoms with Gasteiger partial charge in [-0.15, -0.1) is 11.3 Å². The van der Waals surface area contributed by atoms with Gasteiger partial charge in [0.15, 0.2) is 0 Å². The van der Waals surface area contributed by atoms with E-state index in [2.05, 4.69) is 9.97 Å². The third kappa shape index (κ3) is 4.41. The molecule has 0 aliphatic rings. The summed E-state index contributed by atoms with van der Waals surface area (Å²) in [6.07, 6.45) is 3.45. The number of nitrogens with zero attached hydrogens (tertiary/aromatic N) is 2. The van der Waals surface area contributed by atoms with Crippen molar-refractivity contribution in [3.05, 3.63) is 75.7 Å². The number of pyridine rings is 1. The summed E-state index contributed by atoms with van der Waals surface area (Å²) in [6, 6.07) is 12.2. The highest BCUT2D eigenvalue weighted by Gasteiger charge is 2.13.